The van der Waals surface area contributed by atoms with Gasteiger partial charge in [0.2, 0.25) is 5.91 Å². The van der Waals surface area contributed by atoms with Gasteiger partial charge < -0.3 is 15.4 Å². The molecule has 2 amide bonds. The van der Waals surface area contributed by atoms with Gasteiger partial charge in [0.1, 0.15) is 23.0 Å². The van der Waals surface area contributed by atoms with Crippen LogP contribution < -0.4 is 21.5 Å². The molecule has 326 valence electrons. The van der Waals surface area contributed by atoms with E-state index >= 15 is 0 Å². The number of nitrogens with zero attached hydrogens (tertiary/aromatic N) is 1. The molecule has 16 heteroatoms. The minimum absolute atomic E-state index is 0.0428. The number of ether oxygens (including phenoxy) is 1. The number of rotatable bonds is 23. The van der Waals surface area contributed by atoms with Gasteiger partial charge in [-0.25, -0.2) is 9.48 Å². The van der Waals surface area contributed by atoms with Crippen LogP contribution >= 0.6 is 81.4 Å². The average molecular weight is 969 g/mol. The number of unbranched alkanes of at least 4 members (excludes halogenated alkanes) is 12. The second-order valence-corrected chi connectivity index (χ2v) is 17.9. The summed E-state index contributed by atoms with van der Waals surface area (Å²) in [7, 11) is 0. The zero-order chi connectivity index (χ0) is 43.7. The Morgan fingerprint density at radius 1 is 0.672 bits per heavy atom. The average Bonchev–Trinajstić information content (AvgIpc) is 3.55. The molecule has 0 aliphatic rings. The van der Waals surface area contributed by atoms with Gasteiger partial charge in [0.05, 0.1) is 41.5 Å². The molecule has 5 rings (SSSR count). The predicted octanol–water partition coefficient (Wildman–Crippen LogP) is 16.1. The van der Waals surface area contributed by atoms with Crippen molar-refractivity contribution < 1.29 is 14.3 Å². The maximum atomic E-state index is 14.4. The highest BCUT2D eigenvalue weighted by Crippen LogP contribution is 2.46. The van der Waals surface area contributed by atoms with Crippen molar-refractivity contribution in [1.29, 1.82) is 0 Å². The molecule has 1 heterocycles. The van der Waals surface area contributed by atoms with Gasteiger partial charge in [0.15, 0.2) is 0 Å². The SMILES string of the molecule is CCCCCCCCCCCCCCCC(=O)Nc1ccc(Cl)c(Nc2[nH]n(-c3c(Cl)c(Cl)c(Cl)c(Cl)c3Cl)c(=O)c2Sc2ccccc2NC(=O)OCc2ccccc2)c1. The van der Waals surface area contributed by atoms with Gasteiger partial charge in [0, 0.05) is 17.0 Å². The fraction of sp³-hybridized carbons (Fsp3) is 0.356. The predicted molar refractivity (Wildman–Crippen MR) is 256 cm³/mol. The number of H-pyrrole nitrogens is 1. The Kier molecular flexibility index (Phi) is 19.9. The van der Waals surface area contributed by atoms with E-state index in [0.29, 0.717) is 33.4 Å². The van der Waals surface area contributed by atoms with Gasteiger partial charge >= 0.3 is 6.09 Å². The fourth-order valence-electron chi connectivity index (χ4n) is 6.55. The van der Waals surface area contributed by atoms with Crippen LogP contribution in [0.3, 0.4) is 0 Å². The monoisotopic (exact) mass is 965 g/mol. The van der Waals surface area contributed by atoms with Gasteiger partial charge in [-0.1, -0.05) is 208 Å². The number of aromatic amines is 1. The van der Waals surface area contributed by atoms with E-state index in [0.717, 1.165) is 41.3 Å². The lowest BCUT2D eigenvalue weighted by atomic mass is 10.0. The van der Waals surface area contributed by atoms with Crippen LogP contribution in [0.5, 0.6) is 0 Å². The Morgan fingerprint density at radius 3 is 1.89 bits per heavy atom. The Labute approximate surface area is 391 Å². The molecule has 0 bridgehead atoms. The molecule has 61 heavy (non-hydrogen) atoms. The zero-order valence-corrected chi connectivity index (χ0v) is 39.1. The van der Waals surface area contributed by atoms with Crippen LogP contribution in [0.25, 0.3) is 5.69 Å². The van der Waals surface area contributed by atoms with E-state index in [1.165, 1.54) is 64.2 Å². The van der Waals surface area contributed by atoms with Crippen LogP contribution in [0.4, 0.5) is 27.7 Å². The van der Waals surface area contributed by atoms with E-state index in [2.05, 4.69) is 28.0 Å². The summed E-state index contributed by atoms with van der Waals surface area (Å²) in [5.74, 6) is 0.0578. The number of amides is 2. The molecule has 0 fully saturated rings. The maximum absolute atomic E-state index is 14.4. The standard InChI is InChI=1S/C45H49Cl6N5O4S/c1-2-3-4-5-6-7-8-9-10-11-12-13-17-24-35(57)52-30-25-26-31(46)33(27-30)53-43-42(44(58)56(55-43)41-39(50)37(48)36(47)38(49)40(41)51)61-34-23-19-18-22-32(34)54-45(59)60-28-29-20-15-14-16-21-29/h14-16,18-23,25-27,53,55H,2-13,17,24,28H2,1H3,(H,52,57)(H,54,59). The Balaban J connectivity index is 1.30. The highest BCUT2D eigenvalue weighted by molar-refractivity contribution is 7.99. The Bertz CT molecular complexity index is 2280. The second kappa shape index (κ2) is 25.0. The second-order valence-electron chi connectivity index (χ2n) is 14.5. The number of aromatic nitrogens is 2. The molecule has 0 atom stereocenters. The van der Waals surface area contributed by atoms with Gasteiger partial charge in [-0.2, -0.15) is 0 Å². The van der Waals surface area contributed by atoms with Crippen molar-refractivity contribution in [3.8, 4) is 5.69 Å². The molecule has 4 aromatic carbocycles. The first-order valence-corrected chi connectivity index (χ1v) is 23.5. The van der Waals surface area contributed by atoms with E-state index in [1.807, 2.05) is 30.3 Å². The number of benzene rings is 4. The first kappa shape index (κ1) is 48.6. The molecular weight excluding hydrogens is 919 g/mol. The van der Waals surface area contributed by atoms with Crippen LogP contribution in [0, 0.1) is 0 Å². The molecular formula is C45H49Cl6N5O4S. The third-order valence-corrected chi connectivity index (χ3v) is 13.6. The van der Waals surface area contributed by atoms with Crippen LogP contribution in [0.15, 0.2) is 87.4 Å². The van der Waals surface area contributed by atoms with Crippen LogP contribution in [0.2, 0.25) is 30.1 Å². The van der Waals surface area contributed by atoms with E-state index in [4.69, 9.17) is 74.3 Å². The summed E-state index contributed by atoms with van der Waals surface area (Å²) in [6.45, 7) is 2.31. The van der Waals surface area contributed by atoms with Crippen molar-refractivity contribution >= 4 is 116 Å². The van der Waals surface area contributed by atoms with Gasteiger partial charge in [0.25, 0.3) is 5.56 Å². The minimum Gasteiger partial charge on any atom is -0.444 e. The molecule has 0 aliphatic carbocycles. The molecule has 0 unspecified atom stereocenters. The van der Waals surface area contributed by atoms with Gasteiger partial charge in [-0.3, -0.25) is 20.0 Å². The molecule has 0 saturated heterocycles. The van der Waals surface area contributed by atoms with Crippen molar-refractivity contribution in [2.75, 3.05) is 16.0 Å². The van der Waals surface area contributed by atoms with Gasteiger partial charge in [-0.05, 0) is 42.3 Å². The summed E-state index contributed by atoms with van der Waals surface area (Å²) in [5.41, 5.74) is 1.43. The summed E-state index contributed by atoms with van der Waals surface area (Å²) in [4.78, 5) is 40.9. The highest BCUT2D eigenvalue weighted by atomic mass is 35.5. The van der Waals surface area contributed by atoms with Crippen molar-refractivity contribution in [1.82, 2.24) is 9.78 Å². The maximum Gasteiger partial charge on any atom is 0.411 e. The molecule has 1 aromatic heterocycles. The Morgan fingerprint density at radius 2 is 1.25 bits per heavy atom. The van der Waals surface area contributed by atoms with Crippen molar-refractivity contribution in [2.45, 2.75) is 113 Å². The Hall–Kier alpha value is -3.48. The van der Waals surface area contributed by atoms with E-state index in [9.17, 15) is 14.4 Å². The lowest BCUT2D eigenvalue weighted by Crippen LogP contribution is -2.17. The smallest absolute Gasteiger partial charge is 0.411 e. The zero-order valence-electron chi connectivity index (χ0n) is 33.8. The lowest BCUT2D eigenvalue weighted by Gasteiger charge is -2.13. The van der Waals surface area contributed by atoms with Gasteiger partial charge in [-0.15, -0.1) is 0 Å². The summed E-state index contributed by atoms with van der Waals surface area (Å²) in [5, 5.41) is 11.7. The topological polar surface area (TPSA) is 117 Å². The number of carbonyl (C=O) groups excluding carboxylic acids is 2. The number of para-hydroxylation sites is 1. The molecule has 0 saturated carbocycles. The van der Waals surface area contributed by atoms with Crippen molar-refractivity contribution in [3.63, 3.8) is 0 Å². The lowest BCUT2D eigenvalue weighted by molar-refractivity contribution is -0.116. The fourth-order valence-corrected chi connectivity index (χ4v) is 8.98. The van der Waals surface area contributed by atoms with Crippen LogP contribution in [0.1, 0.15) is 102 Å². The number of hydrogen-bond acceptors (Lipinski definition) is 6. The number of anilines is 4. The summed E-state index contributed by atoms with van der Waals surface area (Å²) in [6, 6.07) is 21.2. The highest BCUT2D eigenvalue weighted by Gasteiger charge is 2.26. The largest absolute Gasteiger partial charge is 0.444 e. The summed E-state index contributed by atoms with van der Waals surface area (Å²) < 4.78 is 6.53. The summed E-state index contributed by atoms with van der Waals surface area (Å²) in [6.07, 6.45) is 15.6. The molecule has 0 radical (unpaired) electrons. The third-order valence-electron chi connectivity index (χ3n) is 9.82. The normalized spacial score (nSPS) is 11.1. The van der Waals surface area contributed by atoms with E-state index in [1.54, 1.807) is 42.5 Å². The van der Waals surface area contributed by atoms with Crippen LogP contribution in [-0.2, 0) is 16.1 Å². The first-order chi connectivity index (χ1) is 29.5. The molecule has 0 aliphatic heterocycles. The number of hydrogen-bond donors (Lipinski definition) is 4. The minimum atomic E-state index is -0.689. The van der Waals surface area contributed by atoms with E-state index < -0.39 is 11.7 Å². The number of carbonyl (C=O) groups is 2. The quantitative estimate of drug-likeness (QED) is 0.0294. The number of halogens is 6. The molecule has 4 N–H and O–H groups in total. The van der Waals surface area contributed by atoms with Crippen molar-refractivity contribution in [2.24, 2.45) is 0 Å². The first-order valence-electron chi connectivity index (χ1n) is 20.5. The third kappa shape index (κ3) is 14.3. The van der Waals surface area contributed by atoms with Crippen LogP contribution in [-0.4, -0.2) is 21.8 Å². The van der Waals surface area contributed by atoms with E-state index in [-0.39, 0.29) is 54.0 Å². The molecule has 5 aromatic rings. The number of nitrogens with one attached hydrogen (secondary N) is 4. The molecule has 9 nitrogen and oxygen atoms in total. The van der Waals surface area contributed by atoms with Crippen molar-refractivity contribution in [3.05, 3.63) is 119 Å². The molecule has 0 spiro atoms. The summed E-state index contributed by atoms with van der Waals surface area (Å²) >= 11 is 40.1.